The maximum Gasteiger partial charge on any atom is 0.271 e. The van der Waals surface area contributed by atoms with Crippen LogP contribution in [0.3, 0.4) is 0 Å². The van der Waals surface area contributed by atoms with E-state index in [1.54, 1.807) is 0 Å². The molecule has 3 heteroatoms. The van der Waals surface area contributed by atoms with Gasteiger partial charge in [-0.15, -0.1) is 17.7 Å². The average Bonchev–Trinajstić information content (AvgIpc) is 1.59. The van der Waals surface area contributed by atoms with E-state index >= 15 is 0 Å². The molecule has 0 aliphatic rings. The number of hydrogen-bond donors (Lipinski definition) is 0. The molecule has 60 valence electrons. The maximum atomic E-state index is 5.78. The lowest BCUT2D eigenvalue weighted by Gasteiger charge is -2.25. The van der Waals surface area contributed by atoms with E-state index in [9.17, 15) is 0 Å². The fraction of sp³-hybridized carbons (Fsp3) is 0.714. The molecule has 0 fully saturated rings. The highest BCUT2D eigenvalue weighted by Gasteiger charge is 2.18. The van der Waals surface area contributed by atoms with Crippen LogP contribution in [0.5, 0.6) is 0 Å². The van der Waals surface area contributed by atoms with Crippen molar-refractivity contribution in [2.45, 2.75) is 32.4 Å². The number of halogens is 1. The third-order valence-corrected chi connectivity index (χ3v) is 2.35. The molecule has 0 aliphatic carbocycles. The van der Waals surface area contributed by atoms with Gasteiger partial charge in [-0.25, -0.2) is 0 Å². The lowest BCUT2D eigenvalue weighted by molar-refractivity contribution is 0.118. The van der Waals surface area contributed by atoms with E-state index in [0.29, 0.717) is 0 Å². The first-order valence-electron chi connectivity index (χ1n) is 3.41. The molecule has 0 saturated heterocycles. The molecule has 0 N–H and O–H groups in total. The highest BCUT2D eigenvalue weighted by Crippen LogP contribution is 2.16. The molecular weight excluding hydrogens is 164 g/mol. The van der Waals surface area contributed by atoms with Gasteiger partial charge in [0.2, 0.25) is 0 Å². The molecule has 0 aromatic carbocycles. The summed E-state index contributed by atoms with van der Waals surface area (Å²) in [4.78, 5) is 0. The van der Waals surface area contributed by atoms with Crippen LogP contribution in [0.4, 0.5) is 0 Å². The van der Waals surface area contributed by atoms with Crippen LogP contribution in [0.15, 0.2) is 12.7 Å². The average molecular weight is 179 g/mol. The third-order valence-electron chi connectivity index (χ3n) is 1.12. The Bertz CT molecular complexity index is 112. The van der Waals surface area contributed by atoms with E-state index in [-0.39, 0.29) is 5.60 Å². The van der Waals surface area contributed by atoms with Crippen LogP contribution in [0.1, 0.15) is 20.3 Å². The summed E-state index contributed by atoms with van der Waals surface area (Å²) in [5, 5.41) is 0. The summed E-state index contributed by atoms with van der Waals surface area (Å²) in [5.41, 5.74) is -0.116. The zero-order valence-electron chi connectivity index (χ0n) is 6.86. The summed E-state index contributed by atoms with van der Waals surface area (Å²) in [6, 6.07) is 0. The summed E-state index contributed by atoms with van der Waals surface area (Å²) in [6.07, 6.45) is 2.71. The van der Waals surface area contributed by atoms with Gasteiger partial charge in [-0.05, 0) is 26.8 Å². The van der Waals surface area contributed by atoms with Crippen molar-refractivity contribution in [2.75, 3.05) is 0 Å². The van der Waals surface area contributed by atoms with Crippen molar-refractivity contribution in [2.24, 2.45) is 0 Å². The maximum absolute atomic E-state index is 5.78. The van der Waals surface area contributed by atoms with Gasteiger partial charge >= 0.3 is 0 Å². The summed E-state index contributed by atoms with van der Waals surface area (Å²) in [5.74, 6) is 0. The van der Waals surface area contributed by atoms with Gasteiger partial charge in [0.1, 0.15) is 0 Å². The van der Waals surface area contributed by atoms with E-state index < -0.39 is 8.35 Å². The predicted molar refractivity (Wildman–Crippen MR) is 48.8 cm³/mol. The molecule has 1 nitrogen and oxygen atoms in total. The first kappa shape index (κ1) is 10.2. The Kier molecular flexibility index (Phi) is 4.25. The molecule has 0 radical (unpaired) electrons. The number of rotatable bonds is 4. The summed E-state index contributed by atoms with van der Waals surface area (Å²) >= 11 is 5.78. The lowest BCUT2D eigenvalue weighted by Crippen LogP contribution is -2.28. The lowest BCUT2D eigenvalue weighted by atomic mass is 10.1. The smallest absolute Gasteiger partial charge is 0.271 e. The minimum absolute atomic E-state index is 0.116. The Balaban J connectivity index is 3.73. The van der Waals surface area contributed by atoms with Gasteiger partial charge in [0.05, 0.1) is 5.60 Å². The standard InChI is InChI=1S/C7H15ClOSi/c1-5-6-7(2,3)9-10(4)8/h5,10H,1,6H2,2-4H3. The van der Waals surface area contributed by atoms with E-state index in [4.69, 9.17) is 15.5 Å². The largest absolute Gasteiger partial charge is 0.400 e. The fourth-order valence-corrected chi connectivity index (χ4v) is 2.53. The molecule has 0 rings (SSSR count). The van der Waals surface area contributed by atoms with Gasteiger partial charge in [0, 0.05) is 0 Å². The second-order valence-electron chi connectivity index (χ2n) is 2.91. The highest BCUT2D eigenvalue weighted by atomic mass is 35.6. The molecule has 0 bridgehead atoms. The normalized spacial score (nSPS) is 14.8. The molecular formula is C7H15ClOSi. The van der Waals surface area contributed by atoms with Gasteiger partial charge in [0.25, 0.3) is 8.35 Å². The molecule has 1 unspecified atom stereocenters. The monoisotopic (exact) mass is 178 g/mol. The molecule has 0 heterocycles. The van der Waals surface area contributed by atoms with Crippen LogP contribution < -0.4 is 0 Å². The molecule has 0 aliphatic heterocycles. The van der Waals surface area contributed by atoms with Crippen molar-refractivity contribution in [3.8, 4) is 0 Å². The van der Waals surface area contributed by atoms with Gasteiger partial charge in [-0.2, -0.15) is 0 Å². The zero-order valence-corrected chi connectivity index (χ0v) is 8.77. The van der Waals surface area contributed by atoms with Crippen molar-refractivity contribution in [1.82, 2.24) is 0 Å². The molecule has 1 atom stereocenters. The highest BCUT2D eigenvalue weighted by molar-refractivity contribution is 7.02. The van der Waals surface area contributed by atoms with E-state index in [2.05, 4.69) is 6.58 Å². The predicted octanol–water partition coefficient (Wildman–Crippen LogP) is 2.45. The third kappa shape index (κ3) is 5.03. The zero-order chi connectivity index (χ0) is 8.20. The second-order valence-corrected chi connectivity index (χ2v) is 6.08. The Labute approximate surface area is 69.5 Å². The molecule has 0 saturated carbocycles. The first-order chi connectivity index (χ1) is 4.48. The minimum Gasteiger partial charge on any atom is -0.400 e. The van der Waals surface area contributed by atoms with E-state index in [0.717, 1.165) is 6.42 Å². The van der Waals surface area contributed by atoms with Crippen molar-refractivity contribution in [1.29, 1.82) is 0 Å². The van der Waals surface area contributed by atoms with Crippen LogP contribution in [-0.4, -0.2) is 14.0 Å². The second kappa shape index (κ2) is 4.16. The molecule has 10 heavy (non-hydrogen) atoms. The number of hydrogen-bond acceptors (Lipinski definition) is 1. The van der Waals surface area contributed by atoms with Crippen LogP contribution >= 0.6 is 11.1 Å². The molecule has 0 aromatic heterocycles. The SMILES string of the molecule is C=CCC(C)(C)O[SiH](C)Cl. The van der Waals surface area contributed by atoms with E-state index in [1.165, 1.54) is 0 Å². The molecule has 0 spiro atoms. The summed E-state index contributed by atoms with van der Waals surface area (Å²) < 4.78 is 5.51. The summed E-state index contributed by atoms with van der Waals surface area (Å²) in [7, 11) is -1.40. The minimum atomic E-state index is -1.40. The van der Waals surface area contributed by atoms with Gasteiger partial charge < -0.3 is 4.43 Å². The van der Waals surface area contributed by atoms with Crippen LogP contribution in [0.2, 0.25) is 6.55 Å². The van der Waals surface area contributed by atoms with Crippen LogP contribution in [-0.2, 0) is 4.43 Å². The van der Waals surface area contributed by atoms with E-state index in [1.807, 2.05) is 26.5 Å². The molecule has 0 aromatic rings. The Morgan fingerprint density at radius 2 is 2.20 bits per heavy atom. The Morgan fingerprint density at radius 1 is 1.70 bits per heavy atom. The van der Waals surface area contributed by atoms with Crippen molar-refractivity contribution >= 4 is 19.4 Å². The topological polar surface area (TPSA) is 9.23 Å². The first-order valence-corrected chi connectivity index (χ1v) is 6.78. The van der Waals surface area contributed by atoms with Crippen molar-refractivity contribution in [3.05, 3.63) is 12.7 Å². The van der Waals surface area contributed by atoms with Gasteiger partial charge in [0.15, 0.2) is 0 Å². The Hall–Kier alpha value is 0.207. The van der Waals surface area contributed by atoms with Crippen LogP contribution in [0, 0.1) is 0 Å². The Morgan fingerprint density at radius 3 is 2.50 bits per heavy atom. The van der Waals surface area contributed by atoms with Gasteiger partial charge in [-0.3, -0.25) is 0 Å². The van der Waals surface area contributed by atoms with Gasteiger partial charge in [-0.1, -0.05) is 6.08 Å². The van der Waals surface area contributed by atoms with Crippen molar-refractivity contribution < 1.29 is 4.43 Å². The van der Waals surface area contributed by atoms with Crippen molar-refractivity contribution in [3.63, 3.8) is 0 Å². The quantitative estimate of drug-likeness (QED) is 0.365. The summed E-state index contributed by atoms with van der Waals surface area (Å²) in [6.45, 7) is 9.65. The fourth-order valence-electron chi connectivity index (χ4n) is 0.835. The van der Waals surface area contributed by atoms with Crippen LogP contribution in [0.25, 0.3) is 0 Å². The molecule has 0 amide bonds.